The minimum absolute atomic E-state index is 0.00992. The van der Waals surface area contributed by atoms with Crippen molar-refractivity contribution >= 4 is 34.8 Å². The van der Waals surface area contributed by atoms with E-state index in [9.17, 15) is 4.79 Å². The van der Waals surface area contributed by atoms with Crippen LogP contribution in [0.15, 0.2) is 42.5 Å². The molecule has 0 spiro atoms. The van der Waals surface area contributed by atoms with Crippen molar-refractivity contribution in [2.24, 2.45) is 0 Å². The average molecular weight is 365 g/mol. The molecule has 0 saturated carbocycles. The maximum absolute atomic E-state index is 12.7. The van der Waals surface area contributed by atoms with Crippen LogP contribution in [0.25, 0.3) is 0 Å². The third-order valence-corrected chi connectivity index (χ3v) is 4.99. The van der Waals surface area contributed by atoms with E-state index in [0.717, 1.165) is 5.69 Å². The summed E-state index contributed by atoms with van der Waals surface area (Å²) in [7, 11) is 1.57. The Hall–Kier alpha value is -1.91. The summed E-state index contributed by atoms with van der Waals surface area (Å²) in [4.78, 5) is 16.7. The first-order valence-electron chi connectivity index (χ1n) is 7.73. The van der Waals surface area contributed by atoms with Crippen LogP contribution < -0.4 is 9.64 Å². The van der Waals surface area contributed by atoms with Gasteiger partial charge in [0, 0.05) is 26.2 Å². The Morgan fingerprint density at radius 1 is 1.00 bits per heavy atom. The van der Waals surface area contributed by atoms with Gasteiger partial charge in [0.1, 0.15) is 5.75 Å². The van der Waals surface area contributed by atoms with E-state index in [4.69, 9.17) is 27.9 Å². The van der Waals surface area contributed by atoms with Crippen LogP contribution in [0, 0.1) is 0 Å². The number of rotatable bonds is 3. The molecule has 0 bridgehead atoms. The largest absolute Gasteiger partial charge is 0.496 e. The molecule has 1 aliphatic rings. The topological polar surface area (TPSA) is 32.8 Å². The molecule has 24 heavy (non-hydrogen) atoms. The number of hydrogen-bond donors (Lipinski definition) is 0. The zero-order valence-corrected chi connectivity index (χ0v) is 14.8. The molecular weight excluding hydrogens is 347 g/mol. The van der Waals surface area contributed by atoms with Gasteiger partial charge in [0.05, 0.1) is 28.4 Å². The second-order valence-corrected chi connectivity index (χ2v) is 6.34. The number of ether oxygens (including phenoxy) is 1. The van der Waals surface area contributed by atoms with Crippen molar-refractivity contribution in [3.05, 3.63) is 58.1 Å². The monoisotopic (exact) mass is 364 g/mol. The number of para-hydroxylation sites is 1. The lowest BCUT2D eigenvalue weighted by atomic mass is 10.1. The molecule has 0 aromatic heterocycles. The average Bonchev–Trinajstić information content (AvgIpc) is 2.63. The molecule has 0 atom stereocenters. The molecule has 1 heterocycles. The molecule has 2 aromatic rings. The molecule has 6 heteroatoms. The fraction of sp³-hybridized carbons (Fsp3) is 0.278. The van der Waals surface area contributed by atoms with Crippen molar-refractivity contribution in [3.63, 3.8) is 0 Å². The van der Waals surface area contributed by atoms with E-state index in [0.29, 0.717) is 47.5 Å². The number of halogens is 2. The fourth-order valence-corrected chi connectivity index (χ4v) is 3.29. The van der Waals surface area contributed by atoms with E-state index in [-0.39, 0.29) is 5.91 Å². The van der Waals surface area contributed by atoms with Crippen LogP contribution in [0.2, 0.25) is 10.0 Å². The Morgan fingerprint density at radius 2 is 1.71 bits per heavy atom. The molecule has 126 valence electrons. The van der Waals surface area contributed by atoms with Crippen LogP contribution in [0.3, 0.4) is 0 Å². The van der Waals surface area contributed by atoms with Crippen molar-refractivity contribution in [2.75, 3.05) is 38.2 Å². The van der Waals surface area contributed by atoms with Crippen molar-refractivity contribution in [1.29, 1.82) is 0 Å². The van der Waals surface area contributed by atoms with Gasteiger partial charge in [0.15, 0.2) is 0 Å². The van der Waals surface area contributed by atoms with E-state index in [1.165, 1.54) is 0 Å². The Morgan fingerprint density at radius 3 is 2.42 bits per heavy atom. The highest BCUT2D eigenvalue weighted by molar-refractivity contribution is 6.43. The predicted octanol–water partition coefficient (Wildman–Crippen LogP) is 3.96. The summed E-state index contributed by atoms with van der Waals surface area (Å²) >= 11 is 12.4. The molecule has 0 aliphatic carbocycles. The highest BCUT2D eigenvalue weighted by atomic mass is 35.5. The number of carbonyl (C=O) groups excluding carboxylic acids is 1. The number of nitrogens with zero attached hydrogens (tertiary/aromatic N) is 2. The van der Waals surface area contributed by atoms with Gasteiger partial charge in [-0.1, -0.05) is 41.4 Å². The van der Waals surface area contributed by atoms with Gasteiger partial charge in [-0.15, -0.1) is 0 Å². The van der Waals surface area contributed by atoms with Crippen molar-refractivity contribution < 1.29 is 9.53 Å². The number of amides is 1. The van der Waals surface area contributed by atoms with Crippen LogP contribution in [0.5, 0.6) is 5.75 Å². The second-order valence-electron chi connectivity index (χ2n) is 5.55. The van der Waals surface area contributed by atoms with Crippen LogP contribution in [0.4, 0.5) is 5.69 Å². The summed E-state index contributed by atoms with van der Waals surface area (Å²) in [5, 5.41) is 1.10. The summed E-state index contributed by atoms with van der Waals surface area (Å²) < 4.78 is 5.29. The second kappa shape index (κ2) is 7.32. The smallest absolute Gasteiger partial charge is 0.257 e. The molecule has 1 amide bonds. The molecule has 0 unspecified atom stereocenters. The number of carbonyl (C=O) groups is 1. The molecule has 3 rings (SSSR count). The molecule has 1 saturated heterocycles. The highest BCUT2D eigenvalue weighted by Gasteiger charge is 2.25. The van der Waals surface area contributed by atoms with Gasteiger partial charge in [-0.2, -0.15) is 0 Å². The Kier molecular flexibility index (Phi) is 5.17. The van der Waals surface area contributed by atoms with Gasteiger partial charge >= 0.3 is 0 Å². The summed E-state index contributed by atoms with van der Waals surface area (Å²) in [6.45, 7) is 2.67. The van der Waals surface area contributed by atoms with Gasteiger partial charge in [0.25, 0.3) is 5.91 Å². The standard InChI is InChI=1S/C18H18Cl2N2O2/c1-24-16-8-3-2-5-13(16)18(23)22-11-9-21(10-12-22)15-7-4-6-14(19)17(15)20/h2-8H,9-12H2,1H3. The van der Waals surface area contributed by atoms with E-state index < -0.39 is 0 Å². The fourth-order valence-electron chi connectivity index (χ4n) is 2.88. The maximum atomic E-state index is 12.7. The zero-order valence-electron chi connectivity index (χ0n) is 13.3. The summed E-state index contributed by atoms with van der Waals surface area (Å²) in [5.74, 6) is 0.590. The highest BCUT2D eigenvalue weighted by Crippen LogP contribution is 2.33. The molecule has 2 aromatic carbocycles. The van der Waals surface area contributed by atoms with Crippen molar-refractivity contribution in [3.8, 4) is 5.75 Å². The molecular formula is C18H18Cl2N2O2. The Labute approximate surface area is 151 Å². The van der Waals surface area contributed by atoms with Crippen LogP contribution >= 0.6 is 23.2 Å². The quantitative estimate of drug-likeness (QED) is 0.825. The number of benzene rings is 2. The minimum Gasteiger partial charge on any atom is -0.496 e. The number of piperazine rings is 1. The number of hydrogen-bond acceptors (Lipinski definition) is 3. The molecule has 1 aliphatic heterocycles. The summed E-state index contributed by atoms with van der Waals surface area (Å²) in [6, 6.07) is 12.9. The van der Waals surface area contributed by atoms with Crippen LogP contribution in [-0.2, 0) is 0 Å². The van der Waals surface area contributed by atoms with Gasteiger partial charge in [0.2, 0.25) is 0 Å². The van der Waals surface area contributed by atoms with Crippen molar-refractivity contribution in [2.45, 2.75) is 0 Å². The summed E-state index contributed by atoms with van der Waals surface area (Å²) in [5.41, 5.74) is 1.50. The van der Waals surface area contributed by atoms with E-state index in [2.05, 4.69) is 4.90 Å². The normalized spacial score (nSPS) is 14.6. The molecule has 4 nitrogen and oxygen atoms in total. The number of anilines is 1. The first kappa shape index (κ1) is 16.9. The third kappa shape index (κ3) is 3.30. The lowest BCUT2D eigenvalue weighted by Crippen LogP contribution is -2.49. The Balaban J connectivity index is 1.71. The maximum Gasteiger partial charge on any atom is 0.257 e. The SMILES string of the molecule is COc1ccccc1C(=O)N1CCN(c2cccc(Cl)c2Cl)CC1. The first-order chi connectivity index (χ1) is 11.6. The first-order valence-corrected chi connectivity index (χ1v) is 8.48. The molecule has 0 radical (unpaired) electrons. The van der Waals surface area contributed by atoms with Gasteiger partial charge in [-0.3, -0.25) is 4.79 Å². The molecule has 0 N–H and O–H groups in total. The van der Waals surface area contributed by atoms with Gasteiger partial charge < -0.3 is 14.5 Å². The van der Waals surface area contributed by atoms with E-state index in [1.807, 2.05) is 29.2 Å². The van der Waals surface area contributed by atoms with E-state index >= 15 is 0 Å². The number of methoxy groups -OCH3 is 1. The minimum atomic E-state index is -0.00992. The molecule has 1 fully saturated rings. The Bertz CT molecular complexity index is 744. The van der Waals surface area contributed by atoms with Gasteiger partial charge in [-0.05, 0) is 24.3 Å². The van der Waals surface area contributed by atoms with Crippen LogP contribution in [-0.4, -0.2) is 44.1 Å². The lowest BCUT2D eigenvalue weighted by Gasteiger charge is -2.36. The van der Waals surface area contributed by atoms with Gasteiger partial charge in [-0.25, -0.2) is 0 Å². The third-order valence-electron chi connectivity index (χ3n) is 4.18. The van der Waals surface area contributed by atoms with E-state index in [1.54, 1.807) is 25.3 Å². The van der Waals surface area contributed by atoms with Crippen molar-refractivity contribution in [1.82, 2.24) is 4.90 Å². The zero-order chi connectivity index (χ0) is 17.1. The summed E-state index contributed by atoms with van der Waals surface area (Å²) in [6.07, 6.45) is 0. The predicted molar refractivity (Wildman–Crippen MR) is 97.6 cm³/mol. The van der Waals surface area contributed by atoms with Crippen LogP contribution in [0.1, 0.15) is 10.4 Å². The lowest BCUT2D eigenvalue weighted by molar-refractivity contribution is 0.0743.